The summed E-state index contributed by atoms with van der Waals surface area (Å²) in [7, 11) is 1.61. The van der Waals surface area contributed by atoms with E-state index in [1.807, 2.05) is 13.0 Å². The Balaban J connectivity index is 1.93. The zero-order valence-electron chi connectivity index (χ0n) is 13.9. The molecule has 23 heavy (non-hydrogen) atoms. The SMILES string of the molecule is COc1ccc2c(c1)CCC(C)(CC1(C)C(=O)CCC1=O)C2=O. The molecule has 0 spiro atoms. The van der Waals surface area contributed by atoms with Crippen molar-refractivity contribution in [3.63, 3.8) is 0 Å². The quantitative estimate of drug-likeness (QED) is 0.804. The molecule has 1 fully saturated rings. The van der Waals surface area contributed by atoms with Crippen molar-refractivity contribution in [2.45, 2.75) is 46.0 Å². The van der Waals surface area contributed by atoms with Crippen LogP contribution in [0.15, 0.2) is 18.2 Å². The predicted octanol–water partition coefficient (Wildman–Crippen LogP) is 3.16. The lowest BCUT2D eigenvalue weighted by Gasteiger charge is -2.38. The molecule has 4 nitrogen and oxygen atoms in total. The number of benzene rings is 1. The van der Waals surface area contributed by atoms with E-state index in [0.29, 0.717) is 31.2 Å². The number of ether oxygens (including phenoxy) is 1. The summed E-state index contributed by atoms with van der Waals surface area (Å²) in [5, 5.41) is 0. The third-order valence-electron chi connectivity index (χ3n) is 5.61. The average Bonchev–Trinajstić information content (AvgIpc) is 2.78. The fourth-order valence-corrected chi connectivity index (χ4v) is 4.06. The predicted molar refractivity (Wildman–Crippen MR) is 85.7 cm³/mol. The van der Waals surface area contributed by atoms with Crippen LogP contribution in [0.4, 0.5) is 0 Å². The number of Topliss-reactive ketones (excluding diaryl/α,β-unsaturated/α-hetero) is 3. The second-order valence-electron chi connectivity index (χ2n) is 7.27. The van der Waals surface area contributed by atoms with Crippen LogP contribution in [0, 0.1) is 10.8 Å². The Morgan fingerprint density at radius 3 is 2.30 bits per heavy atom. The second-order valence-corrected chi connectivity index (χ2v) is 7.27. The highest BCUT2D eigenvalue weighted by atomic mass is 16.5. The molecule has 122 valence electrons. The molecule has 0 saturated heterocycles. The molecule has 3 rings (SSSR count). The van der Waals surface area contributed by atoms with E-state index in [1.54, 1.807) is 26.2 Å². The molecule has 2 aliphatic rings. The van der Waals surface area contributed by atoms with Gasteiger partial charge in [0.1, 0.15) is 17.3 Å². The van der Waals surface area contributed by atoms with Crippen molar-refractivity contribution < 1.29 is 19.1 Å². The normalized spacial score (nSPS) is 26.3. The Morgan fingerprint density at radius 2 is 1.70 bits per heavy atom. The van der Waals surface area contributed by atoms with Crippen LogP contribution >= 0.6 is 0 Å². The van der Waals surface area contributed by atoms with Crippen LogP contribution in [0.5, 0.6) is 5.75 Å². The molecule has 0 radical (unpaired) electrons. The zero-order chi connectivity index (χ0) is 16.8. The van der Waals surface area contributed by atoms with E-state index in [-0.39, 0.29) is 17.3 Å². The topological polar surface area (TPSA) is 60.4 Å². The summed E-state index contributed by atoms with van der Waals surface area (Å²) in [6.07, 6.45) is 2.36. The van der Waals surface area contributed by atoms with Crippen LogP contribution in [0.1, 0.15) is 55.5 Å². The van der Waals surface area contributed by atoms with Gasteiger partial charge < -0.3 is 4.74 Å². The summed E-state index contributed by atoms with van der Waals surface area (Å²) < 4.78 is 5.22. The van der Waals surface area contributed by atoms with E-state index in [2.05, 4.69) is 0 Å². The Kier molecular flexibility index (Phi) is 3.66. The third kappa shape index (κ3) is 2.41. The lowest BCUT2D eigenvalue weighted by Crippen LogP contribution is -2.42. The Hall–Kier alpha value is -1.97. The number of carbonyl (C=O) groups is 3. The molecule has 1 aromatic rings. The fourth-order valence-electron chi connectivity index (χ4n) is 4.06. The van der Waals surface area contributed by atoms with Crippen molar-refractivity contribution in [3.05, 3.63) is 29.3 Å². The minimum Gasteiger partial charge on any atom is -0.497 e. The summed E-state index contributed by atoms with van der Waals surface area (Å²) in [6.45, 7) is 3.61. The van der Waals surface area contributed by atoms with E-state index in [9.17, 15) is 14.4 Å². The second kappa shape index (κ2) is 5.29. The van der Waals surface area contributed by atoms with Crippen molar-refractivity contribution in [2.24, 2.45) is 10.8 Å². The number of ketones is 3. The minimum atomic E-state index is -0.992. The number of rotatable bonds is 3. The molecule has 1 saturated carbocycles. The highest BCUT2D eigenvalue weighted by Gasteiger charge is 2.52. The van der Waals surface area contributed by atoms with E-state index in [4.69, 9.17) is 4.74 Å². The van der Waals surface area contributed by atoms with E-state index in [0.717, 1.165) is 17.7 Å². The number of hydrogen-bond acceptors (Lipinski definition) is 4. The molecule has 0 heterocycles. The molecular formula is C19H22O4. The molecule has 0 amide bonds. The van der Waals surface area contributed by atoms with Gasteiger partial charge >= 0.3 is 0 Å². The van der Waals surface area contributed by atoms with Gasteiger partial charge in [-0.1, -0.05) is 6.92 Å². The molecular weight excluding hydrogens is 292 g/mol. The number of carbonyl (C=O) groups excluding carboxylic acids is 3. The van der Waals surface area contributed by atoms with Crippen molar-refractivity contribution >= 4 is 17.3 Å². The maximum atomic E-state index is 13.0. The van der Waals surface area contributed by atoms with Gasteiger partial charge in [0.2, 0.25) is 0 Å². The van der Waals surface area contributed by atoms with Gasteiger partial charge in [-0.05, 0) is 49.9 Å². The number of fused-ring (bicyclic) bond motifs is 1. The lowest BCUT2D eigenvalue weighted by molar-refractivity contribution is -0.135. The number of hydrogen-bond donors (Lipinski definition) is 0. The molecule has 0 aromatic heterocycles. The van der Waals surface area contributed by atoms with Crippen molar-refractivity contribution in [3.8, 4) is 5.75 Å². The van der Waals surface area contributed by atoms with Crippen LogP contribution in [0.2, 0.25) is 0 Å². The van der Waals surface area contributed by atoms with Gasteiger partial charge in [0.05, 0.1) is 12.5 Å². The third-order valence-corrected chi connectivity index (χ3v) is 5.61. The van der Waals surface area contributed by atoms with Gasteiger partial charge in [-0.3, -0.25) is 14.4 Å². The van der Waals surface area contributed by atoms with Crippen LogP contribution in [-0.4, -0.2) is 24.5 Å². The van der Waals surface area contributed by atoms with E-state index in [1.165, 1.54) is 0 Å². The van der Waals surface area contributed by atoms with E-state index >= 15 is 0 Å². The molecule has 0 aliphatic heterocycles. The monoisotopic (exact) mass is 314 g/mol. The first kappa shape index (κ1) is 15.9. The van der Waals surface area contributed by atoms with Gasteiger partial charge in [-0.2, -0.15) is 0 Å². The maximum absolute atomic E-state index is 13.0. The highest BCUT2D eigenvalue weighted by Crippen LogP contribution is 2.47. The first-order chi connectivity index (χ1) is 10.8. The van der Waals surface area contributed by atoms with Crippen LogP contribution in [0.25, 0.3) is 0 Å². The smallest absolute Gasteiger partial charge is 0.169 e. The van der Waals surface area contributed by atoms with E-state index < -0.39 is 10.8 Å². The lowest BCUT2D eigenvalue weighted by atomic mass is 9.63. The van der Waals surface area contributed by atoms with Crippen molar-refractivity contribution in [1.82, 2.24) is 0 Å². The highest BCUT2D eigenvalue weighted by molar-refractivity contribution is 6.13. The molecule has 1 unspecified atom stereocenters. The van der Waals surface area contributed by atoms with Crippen molar-refractivity contribution in [2.75, 3.05) is 7.11 Å². The maximum Gasteiger partial charge on any atom is 0.169 e. The fraction of sp³-hybridized carbons (Fsp3) is 0.526. The first-order valence-corrected chi connectivity index (χ1v) is 8.08. The molecule has 1 atom stereocenters. The summed E-state index contributed by atoms with van der Waals surface area (Å²) in [4.78, 5) is 37.4. The van der Waals surface area contributed by atoms with Gasteiger partial charge in [0.15, 0.2) is 5.78 Å². The molecule has 4 heteroatoms. The Morgan fingerprint density at radius 1 is 1.04 bits per heavy atom. The minimum absolute atomic E-state index is 0.0166. The Bertz CT molecular complexity index is 687. The summed E-state index contributed by atoms with van der Waals surface area (Å²) in [6, 6.07) is 5.49. The average molecular weight is 314 g/mol. The standard InChI is InChI=1S/C19H22O4/c1-18(11-19(2)15(20)6-7-16(19)21)9-8-12-10-13(23-3)4-5-14(12)17(18)22/h4-5,10H,6-9,11H2,1-3H3. The largest absolute Gasteiger partial charge is 0.497 e. The number of aryl methyl sites for hydroxylation is 1. The summed E-state index contributed by atoms with van der Waals surface area (Å²) >= 11 is 0. The van der Waals surface area contributed by atoms with Crippen molar-refractivity contribution in [1.29, 1.82) is 0 Å². The zero-order valence-corrected chi connectivity index (χ0v) is 13.9. The molecule has 1 aromatic carbocycles. The number of methoxy groups -OCH3 is 1. The van der Waals surface area contributed by atoms with Gasteiger partial charge in [-0.15, -0.1) is 0 Å². The summed E-state index contributed by atoms with van der Waals surface area (Å²) in [5.74, 6) is 0.748. The Labute approximate surface area is 136 Å². The molecule has 0 N–H and O–H groups in total. The van der Waals surface area contributed by atoms with Gasteiger partial charge in [0, 0.05) is 23.8 Å². The van der Waals surface area contributed by atoms with Crippen LogP contribution in [0.3, 0.4) is 0 Å². The van der Waals surface area contributed by atoms with Crippen LogP contribution < -0.4 is 4.74 Å². The first-order valence-electron chi connectivity index (χ1n) is 8.08. The van der Waals surface area contributed by atoms with Gasteiger partial charge in [0.25, 0.3) is 0 Å². The molecule has 0 bridgehead atoms. The van der Waals surface area contributed by atoms with Gasteiger partial charge in [-0.25, -0.2) is 0 Å². The van der Waals surface area contributed by atoms with Crippen LogP contribution in [-0.2, 0) is 16.0 Å². The molecule has 2 aliphatic carbocycles. The summed E-state index contributed by atoms with van der Waals surface area (Å²) in [5.41, 5.74) is 0.0301.